The summed E-state index contributed by atoms with van der Waals surface area (Å²) in [5.41, 5.74) is 10.7. The summed E-state index contributed by atoms with van der Waals surface area (Å²) in [4.78, 5) is 168. The number of rotatable bonds is 35. The number of Topliss-reactive ketones (excluding diaryl/α,β-unsaturated/α-hetero) is 4. The van der Waals surface area contributed by atoms with Crippen molar-refractivity contribution in [2.75, 3.05) is 20.3 Å². The van der Waals surface area contributed by atoms with E-state index in [1.165, 1.54) is 11.0 Å². The second-order valence-corrected chi connectivity index (χ2v) is 18.5. The number of hydrogen-bond donors (Lipinski definition) is 8. The molecule has 70 heavy (non-hydrogen) atoms. The standard InChI is InChI=1S/C47H72N6O17/c1-25(2)18-30(47(68)69)21-37(58)34-11-9-17-53(34)46(67)31(24-54)22-38(59)43(26(3)4)52-45(66)29(13-15-39(48)60)20-35(56)32(14-16-41(62)63)51-44(65)28(10-7-8-12-42(64)70-6)19-36(57)33(23-40(49)61)50-27(5)55/h8,12,25-26,28-34,43,54H,7,9-11,13-24H2,1-6H3,(H2,48,60)(H2,49,61)(H,50,55)(H,51,65)(H,52,66)(H,62,63)(H,68,69)/b12-8+/t28-,29-,30-,31+,32+,33+,34+,43+/m1/s1. The number of aliphatic hydroxyl groups is 1. The number of methoxy groups -OCH3 is 1. The van der Waals surface area contributed by atoms with Crippen LogP contribution in [-0.2, 0) is 67.1 Å². The summed E-state index contributed by atoms with van der Waals surface area (Å²) in [6.07, 6.45) is -1.60. The highest BCUT2D eigenvalue weighted by molar-refractivity contribution is 5.99. The zero-order valence-electron chi connectivity index (χ0n) is 40.9. The largest absolute Gasteiger partial charge is 0.481 e. The lowest BCUT2D eigenvalue weighted by atomic mass is 9.88. The summed E-state index contributed by atoms with van der Waals surface area (Å²) in [6.45, 7) is 7.18. The van der Waals surface area contributed by atoms with Gasteiger partial charge in [-0.15, -0.1) is 0 Å². The molecule has 23 heteroatoms. The molecule has 0 aromatic heterocycles. The Morgan fingerprint density at radius 3 is 1.80 bits per heavy atom. The third-order valence-corrected chi connectivity index (χ3v) is 11.8. The van der Waals surface area contributed by atoms with E-state index in [1.54, 1.807) is 13.8 Å². The van der Waals surface area contributed by atoms with Crippen molar-refractivity contribution in [2.45, 2.75) is 149 Å². The van der Waals surface area contributed by atoms with Crippen LogP contribution in [0.1, 0.15) is 125 Å². The number of hydrogen-bond acceptors (Lipinski definition) is 15. The number of esters is 1. The number of aliphatic carboxylic acids is 2. The molecule has 8 atom stereocenters. The van der Waals surface area contributed by atoms with Crippen LogP contribution < -0.4 is 27.4 Å². The molecule has 1 heterocycles. The van der Waals surface area contributed by atoms with Gasteiger partial charge in [-0.05, 0) is 56.8 Å². The van der Waals surface area contributed by atoms with E-state index in [0.29, 0.717) is 6.42 Å². The third kappa shape index (κ3) is 22.4. The average molecular weight is 993 g/mol. The van der Waals surface area contributed by atoms with Crippen molar-refractivity contribution < 1.29 is 82.4 Å². The van der Waals surface area contributed by atoms with Gasteiger partial charge in [0.15, 0.2) is 23.1 Å². The van der Waals surface area contributed by atoms with Gasteiger partial charge in [0.2, 0.25) is 35.4 Å². The normalized spacial score (nSPS) is 16.5. The van der Waals surface area contributed by atoms with E-state index in [0.717, 1.165) is 20.1 Å². The molecule has 0 spiro atoms. The SMILES string of the molecule is COC(=O)/C=C/CC[C@H](CC(=O)[C@H](CC(N)=O)NC(C)=O)C(=O)N[C@@H](CCC(=O)O)C(=O)C[C@@H](CCC(N)=O)C(=O)N[C@H](C(=O)C[C@@H](CO)C(=O)N1CCC[C@H]1C(=O)C[C@@H](CC(C)C)C(=O)O)C(C)C. The van der Waals surface area contributed by atoms with E-state index in [9.17, 15) is 77.6 Å². The van der Waals surface area contributed by atoms with Crippen LogP contribution in [-0.4, -0.2) is 141 Å². The Hall–Kier alpha value is -6.39. The van der Waals surface area contributed by atoms with Gasteiger partial charge >= 0.3 is 17.9 Å². The molecular weight excluding hydrogens is 921 g/mol. The van der Waals surface area contributed by atoms with E-state index < -0.39 is 182 Å². The number of aliphatic hydroxyl groups excluding tert-OH is 1. The predicted octanol–water partition coefficient (Wildman–Crippen LogP) is 0.0474. The summed E-state index contributed by atoms with van der Waals surface area (Å²) < 4.78 is 4.56. The lowest BCUT2D eigenvalue weighted by molar-refractivity contribution is -0.147. The Bertz CT molecular complexity index is 1930. The second kappa shape index (κ2) is 31.0. The van der Waals surface area contributed by atoms with Crippen molar-refractivity contribution in [3.05, 3.63) is 12.2 Å². The molecule has 1 saturated heterocycles. The van der Waals surface area contributed by atoms with E-state index in [1.807, 2.05) is 13.8 Å². The van der Waals surface area contributed by atoms with Crippen LogP contribution in [0.5, 0.6) is 0 Å². The molecular formula is C47H72N6O17. The van der Waals surface area contributed by atoms with E-state index in [2.05, 4.69) is 20.7 Å². The molecule has 0 saturated carbocycles. The molecule has 0 aliphatic carbocycles. The number of carboxylic acid groups (broad SMARTS) is 2. The summed E-state index contributed by atoms with van der Waals surface area (Å²) in [5.74, 6) is -16.8. The number of carbonyl (C=O) groups is 13. The molecule has 0 bridgehead atoms. The summed E-state index contributed by atoms with van der Waals surface area (Å²) >= 11 is 0. The molecule has 0 radical (unpaired) electrons. The first-order valence-corrected chi connectivity index (χ1v) is 23.4. The minimum absolute atomic E-state index is 0.000856. The van der Waals surface area contributed by atoms with Gasteiger partial charge in [-0.1, -0.05) is 33.8 Å². The zero-order chi connectivity index (χ0) is 53.4. The molecule has 6 amide bonds. The van der Waals surface area contributed by atoms with Crippen molar-refractivity contribution in [3.8, 4) is 0 Å². The number of ketones is 4. The van der Waals surface area contributed by atoms with Crippen LogP contribution in [0, 0.1) is 35.5 Å². The Morgan fingerprint density at radius 2 is 1.29 bits per heavy atom. The lowest BCUT2D eigenvalue weighted by Gasteiger charge is -2.30. The maximum Gasteiger partial charge on any atom is 0.330 e. The van der Waals surface area contributed by atoms with Crippen LogP contribution in [0.25, 0.3) is 0 Å². The third-order valence-electron chi connectivity index (χ3n) is 11.8. The van der Waals surface area contributed by atoms with E-state index in [-0.39, 0.29) is 51.0 Å². The molecule has 1 rings (SSSR count). The van der Waals surface area contributed by atoms with Gasteiger partial charge in [-0.2, -0.15) is 0 Å². The number of nitrogens with one attached hydrogen (secondary N) is 3. The predicted molar refractivity (Wildman–Crippen MR) is 247 cm³/mol. The first-order chi connectivity index (χ1) is 32.7. The highest BCUT2D eigenvalue weighted by Crippen LogP contribution is 2.27. The summed E-state index contributed by atoms with van der Waals surface area (Å²) in [5, 5.41) is 36.9. The van der Waals surface area contributed by atoms with Crippen molar-refractivity contribution in [1.82, 2.24) is 20.9 Å². The maximum absolute atomic E-state index is 14.0. The van der Waals surface area contributed by atoms with Gasteiger partial charge in [0.05, 0.1) is 56.1 Å². The quantitative estimate of drug-likeness (QED) is 0.0307. The number of allylic oxidation sites excluding steroid dienone is 1. The number of ether oxygens (including phenoxy) is 1. The number of amides is 6. The van der Waals surface area contributed by atoms with E-state index >= 15 is 0 Å². The Kier molecular flexibility index (Phi) is 27.3. The molecule has 10 N–H and O–H groups in total. The second-order valence-electron chi connectivity index (χ2n) is 18.5. The Morgan fingerprint density at radius 1 is 0.700 bits per heavy atom. The van der Waals surface area contributed by atoms with Gasteiger partial charge in [-0.3, -0.25) is 57.5 Å². The molecule has 1 aliphatic heterocycles. The lowest BCUT2D eigenvalue weighted by Crippen LogP contribution is -2.50. The summed E-state index contributed by atoms with van der Waals surface area (Å²) in [7, 11) is 1.13. The first kappa shape index (κ1) is 61.6. The van der Waals surface area contributed by atoms with E-state index in [4.69, 9.17) is 11.5 Å². The fraction of sp³-hybridized carbons (Fsp3) is 0.681. The molecule has 23 nitrogen and oxygen atoms in total. The van der Waals surface area contributed by atoms with Crippen LogP contribution in [0.4, 0.5) is 0 Å². The van der Waals surface area contributed by atoms with Crippen molar-refractivity contribution >= 4 is 76.5 Å². The average Bonchev–Trinajstić information content (AvgIpc) is 3.77. The molecule has 1 aliphatic rings. The van der Waals surface area contributed by atoms with Gasteiger partial charge in [0.1, 0.15) is 0 Å². The van der Waals surface area contributed by atoms with Gasteiger partial charge in [0, 0.05) is 69.9 Å². The van der Waals surface area contributed by atoms with Crippen molar-refractivity contribution in [3.63, 3.8) is 0 Å². The minimum atomic E-state index is -1.60. The smallest absolute Gasteiger partial charge is 0.330 e. The van der Waals surface area contributed by atoms with Crippen LogP contribution in [0.15, 0.2) is 12.2 Å². The van der Waals surface area contributed by atoms with Crippen LogP contribution in [0.3, 0.4) is 0 Å². The number of nitrogens with two attached hydrogens (primary N) is 2. The fourth-order valence-corrected chi connectivity index (χ4v) is 8.16. The van der Waals surface area contributed by atoms with Gasteiger partial charge < -0.3 is 52.4 Å². The number of primary amides is 2. The highest BCUT2D eigenvalue weighted by Gasteiger charge is 2.40. The topological polar surface area (TPSA) is 383 Å². The van der Waals surface area contributed by atoms with Crippen molar-refractivity contribution in [1.29, 1.82) is 0 Å². The molecule has 392 valence electrons. The molecule has 0 unspecified atom stereocenters. The molecule has 0 aromatic rings. The fourth-order valence-electron chi connectivity index (χ4n) is 8.16. The monoisotopic (exact) mass is 992 g/mol. The Labute approximate surface area is 407 Å². The minimum Gasteiger partial charge on any atom is -0.481 e. The van der Waals surface area contributed by atoms with Gasteiger partial charge in [0.25, 0.3) is 0 Å². The van der Waals surface area contributed by atoms with Crippen LogP contribution >= 0.6 is 0 Å². The van der Waals surface area contributed by atoms with Crippen LogP contribution in [0.2, 0.25) is 0 Å². The number of carbonyl (C=O) groups excluding carboxylic acids is 11. The first-order valence-electron chi connectivity index (χ1n) is 23.4. The summed E-state index contributed by atoms with van der Waals surface area (Å²) in [6, 6.07) is -5.31. The number of likely N-dealkylation sites (tertiary alicyclic amines) is 1. The van der Waals surface area contributed by atoms with Crippen molar-refractivity contribution in [2.24, 2.45) is 47.0 Å². The highest BCUT2D eigenvalue weighted by atomic mass is 16.5. The number of nitrogens with zero attached hydrogens (tertiary/aromatic N) is 1. The maximum atomic E-state index is 14.0. The zero-order valence-corrected chi connectivity index (χ0v) is 40.9. The molecule has 0 aromatic carbocycles. The molecule has 1 fully saturated rings. The Balaban J connectivity index is 3.44. The van der Waals surface area contributed by atoms with Gasteiger partial charge in [-0.25, -0.2) is 4.79 Å². The number of carboxylic acids is 2.